The highest BCUT2D eigenvalue weighted by atomic mass is 16.5. The highest BCUT2D eigenvalue weighted by molar-refractivity contribution is 6.39. The number of ether oxygens (including phenoxy) is 1. The lowest BCUT2D eigenvalue weighted by Crippen LogP contribution is -2.12. The van der Waals surface area contributed by atoms with Crippen LogP contribution in [-0.4, -0.2) is 33.9 Å². The van der Waals surface area contributed by atoms with E-state index in [0.717, 1.165) is 22.4 Å². The molecule has 0 unspecified atom stereocenters. The van der Waals surface area contributed by atoms with Gasteiger partial charge in [-0.25, -0.2) is 9.78 Å². The maximum Gasteiger partial charge on any atom is 0.378 e. The minimum atomic E-state index is -1.51. The Hall–Kier alpha value is -2.63. The smallest absolute Gasteiger partial charge is 0.378 e. The van der Waals surface area contributed by atoms with E-state index in [2.05, 4.69) is 9.97 Å². The molecule has 2 N–H and O–H groups in total. The van der Waals surface area contributed by atoms with Crippen molar-refractivity contribution in [3.8, 4) is 17.1 Å². The van der Waals surface area contributed by atoms with Crippen LogP contribution in [0, 0.1) is 13.8 Å². The van der Waals surface area contributed by atoms with E-state index in [1.165, 1.54) is 6.20 Å². The molecule has 0 aliphatic rings. The van der Waals surface area contributed by atoms with E-state index in [0.29, 0.717) is 5.82 Å². The number of benzene rings is 1. The molecule has 0 fully saturated rings. The second kappa shape index (κ2) is 5.16. The summed E-state index contributed by atoms with van der Waals surface area (Å²) < 4.78 is 5.23. The first-order valence-electron chi connectivity index (χ1n) is 5.92. The zero-order chi connectivity index (χ0) is 14.9. The fourth-order valence-electron chi connectivity index (χ4n) is 1.95. The van der Waals surface area contributed by atoms with E-state index in [1.807, 2.05) is 26.0 Å². The summed E-state index contributed by atoms with van der Waals surface area (Å²) in [6, 6.07) is 3.74. The molecule has 0 aliphatic heterocycles. The minimum Gasteiger partial charge on any atom is -0.496 e. The number of ketones is 1. The maximum absolute atomic E-state index is 11.4. The second-order valence-corrected chi connectivity index (χ2v) is 4.42. The van der Waals surface area contributed by atoms with Crippen LogP contribution < -0.4 is 4.74 Å². The first-order chi connectivity index (χ1) is 9.43. The summed E-state index contributed by atoms with van der Waals surface area (Å²) in [5.74, 6) is -1.30. The maximum atomic E-state index is 11.4. The molecule has 0 bridgehead atoms. The van der Waals surface area contributed by atoms with E-state index in [4.69, 9.17) is 9.84 Å². The summed E-state index contributed by atoms with van der Waals surface area (Å²) in [6.45, 7) is 3.78. The summed E-state index contributed by atoms with van der Waals surface area (Å²) in [6.07, 6.45) is 1.23. The van der Waals surface area contributed by atoms with E-state index < -0.39 is 11.8 Å². The predicted molar refractivity (Wildman–Crippen MR) is 72.0 cm³/mol. The molecule has 0 atom stereocenters. The molecular formula is C14H14N2O4. The van der Waals surface area contributed by atoms with Crippen molar-refractivity contribution in [1.29, 1.82) is 0 Å². The standard InChI is InChI=1S/C14H14N2O4/c1-7-5-11(20-3)8(2)4-9(7)13-15-6-10(16-13)12(17)14(18)19/h4-6H,1-3H3,(H,15,16)(H,18,19). The van der Waals surface area contributed by atoms with Gasteiger partial charge in [0.1, 0.15) is 17.3 Å². The number of H-pyrrole nitrogens is 1. The number of rotatable bonds is 4. The number of hydrogen-bond donors (Lipinski definition) is 2. The van der Waals surface area contributed by atoms with Crippen molar-refractivity contribution < 1.29 is 19.4 Å². The number of carbonyl (C=O) groups excluding carboxylic acids is 1. The zero-order valence-corrected chi connectivity index (χ0v) is 11.4. The van der Waals surface area contributed by atoms with E-state index in [-0.39, 0.29) is 5.69 Å². The Morgan fingerprint density at radius 1 is 1.25 bits per heavy atom. The van der Waals surface area contributed by atoms with Gasteiger partial charge < -0.3 is 14.8 Å². The summed E-state index contributed by atoms with van der Waals surface area (Å²) in [4.78, 5) is 28.8. The number of aryl methyl sites for hydroxylation is 2. The first-order valence-corrected chi connectivity index (χ1v) is 5.92. The fourth-order valence-corrected chi connectivity index (χ4v) is 1.95. The predicted octanol–water partition coefficient (Wildman–Crippen LogP) is 1.97. The molecule has 0 saturated heterocycles. The number of aromatic amines is 1. The second-order valence-electron chi connectivity index (χ2n) is 4.42. The number of Topliss-reactive ketones (excluding diaryl/α,β-unsaturated/α-hetero) is 1. The van der Waals surface area contributed by atoms with Gasteiger partial charge in [0.2, 0.25) is 0 Å². The third-order valence-electron chi connectivity index (χ3n) is 3.01. The molecule has 0 saturated carbocycles. The Kier molecular flexibility index (Phi) is 3.56. The molecule has 104 valence electrons. The lowest BCUT2D eigenvalue weighted by molar-refractivity contribution is -0.131. The molecule has 6 heteroatoms. The van der Waals surface area contributed by atoms with Crippen LogP contribution in [-0.2, 0) is 4.79 Å². The Labute approximate surface area is 115 Å². The van der Waals surface area contributed by atoms with Gasteiger partial charge in [0, 0.05) is 5.56 Å². The van der Waals surface area contributed by atoms with Crippen LogP contribution in [0.3, 0.4) is 0 Å². The number of methoxy groups -OCH3 is 1. The average Bonchev–Trinajstić information content (AvgIpc) is 2.89. The average molecular weight is 274 g/mol. The number of nitrogens with one attached hydrogen (secondary N) is 1. The number of aliphatic carboxylic acids is 1. The van der Waals surface area contributed by atoms with Gasteiger partial charge in [-0.15, -0.1) is 0 Å². The van der Waals surface area contributed by atoms with Gasteiger partial charge in [-0.05, 0) is 37.1 Å². The van der Waals surface area contributed by atoms with Crippen molar-refractivity contribution in [2.75, 3.05) is 7.11 Å². The van der Waals surface area contributed by atoms with Crippen LogP contribution in [0.4, 0.5) is 0 Å². The largest absolute Gasteiger partial charge is 0.496 e. The van der Waals surface area contributed by atoms with E-state index >= 15 is 0 Å². The molecule has 20 heavy (non-hydrogen) atoms. The summed E-state index contributed by atoms with van der Waals surface area (Å²) >= 11 is 0. The van der Waals surface area contributed by atoms with Gasteiger partial charge in [-0.2, -0.15) is 0 Å². The highest BCUT2D eigenvalue weighted by Gasteiger charge is 2.18. The molecule has 1 heterocycles. The Morgan fingerprint density at radius 3 is 2.55 bits per heavy atom. The normalized spacial score (nSPS) is 10.3. The van der Waals surface area contributed by atoms with Crippen molar-refractivity contribution in [2.24, 2.45) is 0 Å². The molecule has 0 radical (unpaired) electrons. The van der Waals surface area contributed by atoms with Crippen LogP contribution in [0.1, 0.15) is 21.6 Å². The molecule has 6 nitrogen and oxygen atoms in total. The van der Waals surface area contributed by atoms with Crippen molar-refractivity contribution in [1.82, 2.24) is 9.97 Å². The van der Waals surface area contributed by atoms with Gasteiger partial charge in [0.05, 0.1) is 13.3 Å². The lowest BCUT2D eigenvalue weighted by atomic mass is 10.0. The van der Waals surface area contributed by atoms with Gasteiger partial charge in [0.15, 0.2) is 0 Å². The SMILES string of the molecule is COc1cc(C)c(-c2ncc(C(=O)C(=O)O)[nH]2)cc1C. The summed E-state index contributed by atoms with van der Waals surface area (Å²) in [5.41, 5.74) is 2.60. The number of carboxylic acids is 1. The molecule has 1 aromatic heterocycles. The minimum absolute atomic E-state index is 0.0413. The monoisotopic (exact) mass is 274 g/mol. The lowest BCUT2D eigenvalue weighted by Gasteiger charge is -2.09. The third-order valence-corrected chi connectivity index (χ3v) is 3.01. The van der Waals surface area contributed by atoms with Crippen LogP contribution >= 0.6 is 0 Å². The molecule has 1 aromatic carbocycles. The number of carbonyl (C=O) groups is 2. The quantitative estimate of drug-likeness (QED) is 0.657. The molecule has 2 rings (SSSR count). The van der Waals surface area contributed by atoms with Crippen molar-refractivity contribution in [3.05, 3.63) is 35.2 Å². The number of aromatic nitrogens is 2. The van der Waals surface area contributed by atoms with Gasteiger partial charge >= 0.3 is 5.97 Å². The number of carboxylic acid groups (broad SMARTS) is 1. The Morgan fingerprint density at radius 2 is 1.95 bits per heavy atom. The van der Waals surface area contributed by atoms with Gasteiger partial charge in [-0.1, -0.05) is 0 Å². The van der Waals surface area contributed by atoms with E-state index in [9.17, 15) is 9.59 Å². The van der Waals surface area contributed by atoms with Crippen molar-refractivity contribution in [2.45, 2.75) is 13.8 Å². The third kappa shape index (κ3) is 2.40. The Balaban J connectivity index is 2.45. The fraction of sp³-hybridized carbons (Fsp3) is 0.214. The number of imidazole rings is 1. The van der Waals surface area contributed by atoms with Crippen molar-refractivity contribution >= 4 is 11.8 Å². The molecular weight excluding hydrogens is 260 g/mol. The summed E-state index contributed by atoms with van der Waals surface area (Å²) in [7, 11) is 1.60. The highest BCUT2D eigenvalue weighted by Crippen LogP contribution is 2.28. The number of nitrogens with zero attached hydrogens (tertiary/aromatic N) is 1. The molecule has 0 amide bonds. The van der Waals surface area contributed by atoms with Gasteiger partial charge in [-0.3, -0.25) is 4.79 Å². The first kappa shape index (κ1) is 13.8. The van der Waals surface area contributed by atoms with Crippen LogP contribution in [0.25, 0.3) is 11.4 Å². The van der Waals surface area contributed by atoms with Crippen molar-refractivity contribution in [3.63, 3.8) is 0 Å². The molecule has 0 aliphatic carbocycles. The number of hydrogen-bond acceptors (Lipinski definition) is 4. The van der Waals surface area contributed by atoms with Crippen LogP contribution in [0.15, 0.2) is 18.3 Å². The van der Waals surface area contributed by atoms with Crippen LogP contribution in [0.5, 0.6) is 5.75 Å². The molecule has 2 aromatic rings. The Bertz CT molecular complexity index is 688. The van der Waals surface area contributed by atoms with E-state index in [1.54, 1.807) is 7.11 Å². The molecule has 0 spiro atoms. The van der Waals surface area contributed by atoms with Gasteiger partial charge in [0.25, 0.3) is 5.78 Å². The zero-order valence-electron chi connectivity index (χ0n) is 11.4. The topological polar surface area (TPSA) is 92.3 Å². The summed E-state index contributed by atoms with van der Waals surface area (Å²) in [5, 5.41) is 8.67. The van der Waals surface area contributed by atoms with Crippen LogP contribution in [0.2, 0.25) is 0 Å².